The number of likely N-dealkylation sites (tertiary alicyclic amines) is 1. The molecule has 1 atom stereocenters. The van der Waals surface area contributed by atoms with E-state index in [2.05, 4.69) is 10.6 Å². The minimum Gasteiger partial charge on any atom is -0.459 e. The summed E-state index contributed by atoms with van der Waals surface area (Å²) in [5.41, 5.74) is 1.06. The largest absolute Gasteiger partial charge is 0.459 e. The molecule has 0 saturated carbocycles. The maximum Gasteiger partial charge on any atom is 0.290 e. The Hall–Kier alpha value is -3.94. The van der Waals surface area contributed by atoms with Gasteiger partial charge in [-0.1, -0.05) is 12.1 Å². The Bertz CT molecular complexity index is 1110. The summed E-state index contributed by atoms with van der Waals surface area (Å²) >= 11 is 0. The lowest BCUT2D eigenvalue weighted by Gasteiger charge is -2.23. The SMILES string of the molecule is O=C(Nc1cccc(F)c1)c1cccc(NC(=O)C2CCCN2C(=O)c2ccco2)c1. The van der Waals surface area contributed by atoms with Gasteiger partial charge in [0.1, 0.15) is 11.9 Å². The molecule has 1 fully saturated rings. The van der Waals surface area contributed by atoms with Gasteiger partial charge in [0.25, 0.3) is 11.8 Å². The molecule has 0 radical (unpaired) electrons. The molecule has 1 aliphatic rings. The summed E-state index contributed by atoms with van der Waals surface area (Å²) in [5, 5.41) is 5.40. The molecule has 1 aliphatic heterocycles. The van der Waals surface area contributed by atoms with Crippen molar-refractivity contribution in [3.8, 4) is 0 Å². The molecule has 1 saturated heterocycles. The first kappa shape index (κ1) is 20.3. The van der Waals surface area contributed by atoms with Crippen molar-refractivity contribution >= 4 is 29.1 Å². The highest BCUT2D eigenvalue weighted by Gasteiger charge is 2.35. The molecule has 3 amide bonds. The zero-order valence-corrected chi connectivity index (χ0v) is 16.5. The van der Waals surface area contributed by atoms with Crippen molar-refractivity contribution < 1.29 is 23.2 Å². The average Bonchev–Trinajstić information content (AvgIpc) is 3.46. The molecule has 3 aromatic rings. The van der Waals surface area contributed by atoms with Gasteiger partial charge in [0.15, 0.2) is 5.76 Å². The van der Waals surface area contributed by atoms with Crippen LogP contribution >= 0.6 is 0 Å². The third-order valence-electron chi connectivity index (χ3n) is 5.02. The number of nitrogens with zero attached hydrogens (tertiary/aromatic N) is 1. The van der Waals surface area contributed by atoms with Gasteiger partial charge < -0.3 is 20.0 Å². The monoisotopic (exact) mass is 421 g/mol. The lowest BCUT2D eigenvalue weighted by molar-refractivity contribution is -0.119. The molecule has 2 N–H and O–H groups in total. The molecule has 31 heavy (non-hydrogen) atoms. The van der Waals surface area contributed by atoms with Gasteiger partial charge in [0.05, 0.1) is 6.26 Å². The minimum atomic E-state index is -0.623. The zero-order valence-electron chi connectivity index (χ0n) is 16.5. The fourth-order valence-electron chi connectivity index (χ4n) is 3.56. The van der Waals surface area contributed by atoms with E-state index in [1.807, 2.05) is 0 Å². The maximum atomic E-state index is 13.3. The Kier molecular flexibility index (Phi) is 5.79. The fourth-order valence-corrected chi connectivity index (χ4v) is 3.56. The number of carbonyl (C=O) groups is 3. The van der Waals surface area contributed by atoms with Crippen LogP contribution in [0.15, 0.2) is 71.3 Å². The summed E-state index contributed by atoms with van der Waals surface area (Å²) in [5.74, 6) is -1.36. The van der Waals surface area contributed by atoms with Crippen LogP contribution in [-0.2, 0) is 4.79 Å². The number of hydrogen-bond donors (Lipinski definition) is 2. The van der Waals surface area contributed by atoms with E-state index in [4.69, 9.17) is 4.42 Å². The highest BCUT2D eigenvalue weighted by molar-refractivity contribution is 6.06. The molecule has 8 heteroatoms. The minimum absolute atomic E-state index is 0.190. The number of benzene rings is 2. The van der Waals surface area contributed by atoms with Crippen LogP contribution in [-0.4, -0.2) is 35.2 Å². The Balaban J connectivity index is 1.44. The molecule has 0 spiro atoms. The highest BCUT2D eigenvalue weighted by atomic mass is 19.1. The number of anilines is 2. The zero-order chi connectivity index (χ0) is 21.8. The van der Waals surface area contributed by atoms with E-state index >= 15 is 0 Å². The first-order valence-electron chi connectivity index (χ1n) is 9.83. The van der Waals surface area contributed by atoms with Crippen molar-refractivity contribution in [2.45, 2.75) is 18.9 Å². The molecule has 0 aliphatic carbocycles. The lowest BCUT2D eigenvalue weighted by atomic mass is 10.1. The van der Waals surface area contributed by atoms with Crippen molar-refractivity contribution in [2.75, 3.05) is 17.2 Å². The summed E-state index contributed by atoms with van der Waals surface area (Å²) in [6.45, 7) is 0.466. The van der Waals surface area contributed by atoms with Gasteiger partial charge in [-0.2, -0.15) is 0 Å². The number of amides is 3. The number of nitrogens with one attached hydrogen (secondary N) is 2. The van der Waals surface area contributed by atoms with Crippen molar-refractivity contribution in [1.82, 2.24) is 4.90 Å². The van der Waals surface area contributed by atoms with Gasteiger partial charge in [-0.3, -0.25) is 14.4 Å². The van der Waals surface area contributed by atoms with Crippen LogP contribution in [0.25, 0.3) is 0 Å². The van der Waals surface area contributed by atoms with Gasteiger partial charge in [-0.25, -0.2) is 4.39 Å². The molecule has 0 bridgehead atoms. The Labute approximate surface area is 177 Å². The standard InChI is InChI=1S/C23H20FN3O4/c24-16-6-2-8-18(14-16)25-21(28)15-5-1-7-17(13-15)26-22(29)19-9-3-11-27(19)23(30)20-10-4-12-31-20/h1-2,4-8,10,12-14,19H,3,9,11H2,(H,25,28)(H,26,29). The van der Waals surface area contributed by atoms with Crippen LogP contribution in [0.1, 0.15) is 33.8 Å². The predicted octanol–water partition coefficient (Wildman–Crippen LogP) is 3.91. The molecular formula is C23H20FN3O4. The Morgan fingerprint density at radius 2 is 1.74 bits per heavy atom. The molecule has 2 heterocycles. The molecule has 7 nitrogen and oxygen atoms in total. The van der Waals surface area contributed by atoms with E-state index < -0.39 is 17.8 Å². The van der Waals surface area contributed by atoms with E-state index in [-0.39, 0.29) is 17.6 Å². The van der Waals surface area contributed by atoms with E-state index in [0.29, 0.717) is 36.3 Å². The topological polar surface area (TPSA) is 91.7 Å². The first-order valence-corrected chi connectivity index (χ1v) is 9.83. The second-order valence-corrected chi connectivity index (χ2v) is 7.17. The fraction of sp³-hybridized carbons (Fsp3) is 0.174. The van der Waals surface area contributed by atoms with Crippen LogP contribution < -0.4 is 10.6 Å². The third-order valence-corrected chi connectivity index (χ3v) is 5.02. The third kappa shape index (κ3) is 4.63. The lowest BCUT2D eigenvalue weighted by Crippen LogP contribution is -2.43. The van der Waals surface area contributed by atoms with Crippen molar-refractivity contribution in [3.05, 3.63) is 84.1 Å². The van der Waals surface area contributed by atoms with Gasteiger partial charge in [-0.05, 0) is 61.4 Å². The number of carbonyl (C=O) groups excluding carboxylic acids is 3. The number of rotatable bonds is 5. The maximum absolute atomic E-state index is 13.3. The van der Waals surface area contributed by atoms with Crippen LogP contribution in [0.5, 0.6) is 0 Å². The summed E-state index contributed by atoms with van der Waals surface area (Å²) in [6.07, 6.45) is 2.66. The molecule has 1 aromatic heterocycles. The number of hydrogen-bond acceptors (Lipinski definition) is 4. The molecule has 4 rings (SSSR count). The summed E-state index contributed by atoms with van der Waals surface area (Å²) < 4.78 is 18.5. The van der Waals surface area contributed by atoms with Crippen molar-refractivity contribution in [2.24, 2.45) is 0 Å². The molecule has 158 valence electrons. The molecule has 2 aromatic carbocycles. The van der Waals surface area contributed by atoms with Gasteiger partial charge in [0, 0.05) is 23.5 Å². The summed E-state index contributed by atoms with van der Waals surface area (Å²) in [6, 6.07) is 14.6. The van der Waals surface area contributed by atoms with E-state index in [9.17, 15) is 18.8 Å². The van der Waals surface area contributed by atoms with Gasteiger partial charge >= 0.3 is 0 Å². The first-order chi connectivity index (χ1) is 15.0. The van der Waals surface area contributed by atoms with Crippen LogP contribution in [0.4, 0.5) is 15.8 Å². The Morgan fingerprint density at radius 1 is 0.968 bits per heavy atom. The van der Waals surface area contributed by atoms with E-state index in [1.54, 1.807) is 36.4 Å². The average molecular weight is 421 g/mol. The van der Waals surface area contributed by atoms with Crippen molar-refractivity contribution in [3.63, 3.8) is 0 Å². The van der Waals surface area contributed by atoms with E-state index in [0.717, 1.165) is 0 Å². The van der Waals surface area contributed by atoms with Crippen LogP contribution in [0.2, 0.25) is 0 Å². The molecule has 1 unspecified atom stereocenters. The van der Waals surface area contributed by atoms with Gasteiger partial charge in [0.2, 0.25) is 5.91 Å². The smallest absolute Gasteiger partial charge is 0.290 e. The quantitative estimate of drug-likeness (QED) is 0.653. The predicted molar refractivity (Wildman–Crippen MR) is 112 cm³/mol. The second kappa shape index (κ2) is 8.83. The number of furan rings is 1. The number of halogens is 1. The normalized spacial score (nSPS) is 15.5. The summed E-state index contributed by atoms with van der Waals surface area (Å²) in [7, 11) is 0. The van der Waals surface area contributed by atoms with Crippen molar-refractivity contribution in [1.29, 1.82) is 0 Å². The van der Waals surface area contributed by atoms with Crippen LogP contribution in [0.3, 0.4) is 0 Å². The second-order valence-electron chi connectivity index (χ2n) is 7.17. The highest BCUT2D eigenvalue weighted by Crippen LogP contribution is 2.22. The summed E-state index contributed by atoms with van der Waals surface area (Å²) in [4.78, 5) is 39.4. The molecular weight excluding hydrogens is 401 g/mol. The van der Waals surface area contributed by atoms with Crippen LogP contribution in [0, 0.1) is 5.82 Å². The van der Waals surface area contributed by atoms with Gasteiger partial charge in [-0.15, -0.1) is 0 Å². The Morgan fingerprint density at radius 3 is 2.48 bits per heavy atom. The van der Waals surface area contributed by atoms with E-state index in [1.165, 1.54) is 35.4 Å².